The van der Waals surface area contributed by atoms with Crippen molar-refractivity contribution in [1.29, 1.82) is 0 Å². The molecular weight excluding hydrogens is 316 g/mol. The zero-order chi connectivity index (χ0) is 16.8. The van der Waals surface area contributed by atoms with Gasteiger partial charge in [-0.3, -0.25) is 5.10 Å². The molecule has 128 valence electrons. The topological polar surface area (TPSA) is 63.3 Å². The fraction of sp³-hybridized carbons (Fsp3) is 0.368. The first-order chi connectivity index (χ1) is 12.3. The molecule has 2 atom stereocenters. The molecule has 3 aromatic rings. The second-order valence-corrected chi connectivity index (χ2v) is 6.61. The second-order valence-electron chi connectivity index (χ2n) is 6.61. The van der Waals surface area contributed by atoms with E-state index < -0.39 is 0 Å². The highest BCUT2D eigenvalue weighted by Crippen LogP contribution is 2.34. The van der Waals surface area contributed by atoms with E-state index in [1.807, 2.05) is 37.4 Å². The van der Waals surface area contributed by atoms with Crippen molar-refractivity contribution in [1.82, 2.24) is 15.2 Å². The summed E-state index contributed by atoms with van der Waals surface area (Å²) in [6, 6.07) is 10.6. The minimum atomic E-state index is 0.357. The van der Waals surface area contributed by atoms with Gasteiger partial charge in [-0.1, -0.05) is 0 Å². The SMILES string of the molecule is CCOc1ccc2[nH]nc(-c3ccnc(N4CC5C[C@H]4CO5)c3)c2c1. The number of hydrogen-bond donors (Lipinski definition) is 1. The molecular formula is C19H20N4O2. The van der Waals surface area contributed by atoms with Crippen molar-refractivity contribution in [2.45, 2.75) is 25.5 Å². The number of aromatic amines is 1. The average molecular weight is 336 g/mol. The Balaban J connectivity index is 1.54. The quantitative estimate of drug-likeness (QED) is 0.793. The number of anilines is 1. The lowest BCUT2D eigenvalue weighted by Crippen LogP contribution is -2.37. The van der Waals surface area contributed by atoms with E-state index in [9.17, 15) is 0 Å². The largest absolute Gasteiger partial charge is 0.494 e. The molecule has 2 aliphatic heterocycles. The number of aromatic nitrogens is 3. The van der Waals surface area contributed by atoms with Crippen LogP contribution in [-0.2, 0) is 4.74 Å². The van der Waals surface area contributed by atoms with Crippen molar-refractivity contribution in [3.63, 3.8) is 0 Å². The number of ether oxygens (including phenoxy) is 2. The molecule has 4 heterocycles. The van der Waals surface area contributed by atoms with Gasteiger partial charge in [0.2, 0.25) is 0 Å². The van der Waals surface area contributed by atoms with Crippen LogP contribution in [0.25, 0.3) is 22.2 Å². The molecule has 0 spiro atoms. The van der Waals surface area contributed by atoms with Gasteiger partial charge in [-0.25, -0.2) is 4.98 Å². The molecule has 0 saturated carbocycles. The van der Waals surface area contributed by atoms with Gasteiger partial charge in [0.15, 0.2) is 0 Å². The Hall–Kier alpha value is -2.60. The van der Waals surface area contributed by atoms with Gasteiger partial charge in [-0.05, 0) is 43.7 Å². The fourth-order valence-corrected chi connectivity index (χ4v) is 3.87. The molecule has 2 aromatic heterocycles. The molecule has 2 aliphatic rings. The maximum Gasteiger partial charge on any atom is 0.129 e. The predicted molar refractivity (Wildman–Crippen MR) is 96.0 cm³/mol. The minimum absolute atomic E-state index is 0.357. The Morgan fingerprint density at radius 3 is 3.08 bits per heavy atom. The molecule has 1 unspecified atom stereocenters. The molecule has 5 rings (SSSR count). The first kappa shape index (κ1) is 14.7. The van der Waals surface area contributed by atoms with E-state index in [1.54, 1.807) is 0 Å². The van der Waals surface area contributed by atoms with Crippen LogP contribution in [0.15, 0.2) is 36.5 Å². The highest BCUT2D eigenvalue weighted by Gasteiger charge is 2.39. The maximum absolute atomic E-state index is 5.70. The summed E-state index contributed by atoms with van der Waals surface area (Å²) in [5.74, 6) is 1.87. The van der Waals surface area contributed by atoms with Gasteiger partial charge in [0.25, 0.3) is 0 Å². The summed E-state index contributed by atoms with van der Waals surface area (Å²) in [7, 11) is 0. The summed E-state index contributed by atoms with van der Waals surface area (Å²) in [5.41, 5.74) is 3.00. The molecule has 1 aromatic carbocycles. The van der Waals surface area contributed by atoms with E-state index in [1.165, 1.54) is 0 Å². The number of fused-ring (bicyclic) bond motifs is 3. The molecule has 0 aliphatic carbocycles. The Bertz CT molecular complexity index is 923. The van der Waals surface area contributed by atoms with E-state index >= 15 is 0 Å². The molecule has 2 saturated heterocycles. The van der Waals surface area contributed by atoms with Crippen LogP contribution in [0.4, 0.5) is 5.82 Å². The van der Waals surface area contributed by atoms with Crippen LogP contribution < -0.4 is 9.64 Å². The van der Waals surface area contributed by atoms with Gasteiger partial charge in [0.05, 0.1) is 30.9 Å². The number of pyridine rings is 1. The van der Waals surface area contributed by atoms with Crippen molar-refractivity contribution in [2.24, 2.45) is 0 Å². The molecule has 0 radical (unpaired) electrons. The van der Waals surface area contributed by atoms with Crippen molar-refractivity contribution in [3.05, 3.63) is 36.5 Å². The van der Waals surface area contributed by atoms with E-state index in [-0.39, 0.29) is 0 Å². The third-order valence-electron chi connectivity index (χ3n) is 5.06. The molecule has 1 N–H and O–H groups in total. The Morgan fingerprint density at radius 2 is 2.28 bits per heavy atom. The zero-order valence-electron chi connectivity index (χ0n) is 14.1. The van der Waals surface area contributed by atoms with Gasteiger partial charge >= 0.3 is 0 Å². The third kappa shape index (κ3) is 2.44. The van der Waals surface area contributed by atoms with Gasteiger partial charge in [0.1, 0.15) is 17.3 Å². The first-order valence-electron chi connectivity index (χ1n) is 8.77. The third-order valence-corrected chi connectivity index (χ3v) is 5.06. The summed E-state index contributed by atoms with van der Waals surface area (Å²) in [5, 5.41) is 8.71. The number of benzene rings is 1. The number of morpholine rings is 1. The molecule has 6 heteroatoms. The van der Waals surface area contributed by atoms with Crippen LogP contribution in [0.1, 0.15) is 13.3 Å². The summed E-state index contributed by atoms with van der Waals surface area (Å²) in [4.78, 5) is 6.94. The van der Waals surface area contributed by atoms with Crippen LogP contribution in [0.2, 0.25) is 0 Å². The lowest BCUT2D eigenvalue weighted by molar-refractivity contribution is 0.0989. The highest BCUT2D eigenvalue weighted by molar-refractivity contribution is 5.94. The van der Waals surface area contributed by atoms with Gasteiger partial charge in [-0.15, -0.1) is 0 Å². The summed E-state index contributed by atoms with van der Waals surface area (Å²) in [6.07, 6.45) is 3.33. The summed E-state index contributed by atoms with van der Waals surface area (Å²) in [6.45, 7) is 4.37. The number of nitrogens with one attached hydrogen (secondary N) is 1. The minimum Gasteiger partial charge on any atom is -0.494 e. The number of nitrogens with zero attached hydrogens (tertiary/aromatic N) is 3. The van der Waals surface area contributed by atoms with Crippen LogP contribution in [0.5, 0.6) is 5.75 Å². The number of rotatable bonds is 4. The monoisotopic (exact) mass is 336 g/mol. The Kier molecular flexibility index (Phi) is 3.38. The Morgan fingerprint density at radius 1 is 1.32 bits per heavy atom. The maximum atomic E-state index is 5.70. The van der Waals surface area contributed by atoms with Gasteiger partial charge < -0.3 is 14.4 Å². The lowest BCUT2D eigenvalue weighted by Gasteiger charge is -2.28. The summed E-state index contributed by atoms with van der Waals surface area (Å²) >= 11 is 0. The van der Waals surface area contributed by atoms with E-state index in [0.29, 0.717) is 18.8 Å². The van der Waals surface area contributed by atoms with E-state index in [0.717, 1.165) is 53.3 Å². The number of H-pyrrole nitrogens is 1. The fourth-order valence-electron chi connectivity index (χ4n) is 3.87. The van der Waals surface area contributed by atoms with Crippen LogP contribution in [0.3, 0.4) is 0 Å². The predicted octanol–water partition coefficient (Wildman–Crippen LogP) is 3.00. The number of hydrogen-bond acceptors (Lipinski definition) is 5. The standard InChI is InChI=1S/C19H20N4O2/c1-2-24-14-3-4-17-16(9-14)19(22-21-17)12-5-6-20-18(7-12)23-10-15-8-13(23)11-25-15/h3-7,9,13,15H,2,8,10-11H2,1H3,(H,21,22)/t13-,15?/m0/s1. The van der Waals surface area contributed by atoms with Gasteiger partial charge in [-0.2, -0.15) is 5.10 Å². The van der Waals surface area contributed by atoms with E-state index in [2.05, 4.69) is 26.1 Å². The lowest BCUT2D eigenvalue weighted by atomic mass is 10.1. The highest BCUT2D eigenvalue weighted by atomic mass is 16.5. The zero-order valence-corrected chi connectivity index (χ0v) is 14.1. The van der Waals surface area contributed by atoms with Crippen molar-refractivity contribution >= 4 is 16.7 Å². The van der Waals surface area contributed by atoms with Crippen LogP contribution >= 0.6 is 0 Å². The van der Waals surface area contributed by atoms with Crippen LogP contribution in [0, 0.1) is 0 Å². The van der Waals surface area contributed by atoms with Crippen molar-refractivity contribution in [3.8, 4) is 17.0 Å². The van der Waals surface area contributed by atoms with Crippen molar-refractivity contribution < 1.29 is 9.47 Å². The first-order valence-corrected chi connectivity index (χ1v) is 8.77. The van der Waals surface area contributed by atoms with Crippen molar-refractivity contribution in [2.75, 3.05) is 24.7 Å². The molecule has 2 fully saturated rings. The normalized spacial score (nSPS) is 22.0. The summed E-state index contributed by atoms with van der Waals surface area (Å²) < 4.78 is 11.3. The Labute approximate surface area is 145 Å². The smallest absolute Gasteiger partial charge is 0.129 e. The second kappa shape index (κ2) is 5.74. The average Bonchev–Trinajstić information content (AvgIpc) is 3.37. The molecule has 6 nitrogen and oxygen atoms in total. The molecule has 0 amide bonds. The van der Waals surface area contributed by atoms with E-state index in [4.69, 9.17) is 9.47 Å². The molecule has 25 heavy (non-hydrogen) atoms. The van der Waals surface area contributed by atoms with Crippen LogP contribution in [-0.4, -0.2) is 47.1 Å². The molecule has 2 bridgehead atoms. The van der Waals surface area contributed by atoms with Gasteiger partial charge in [0, 0.05) is 23.7 Å².